The molecule has 19 heavy (non-hydrogen) atoms. The minimum absolute atomic E-state index is 0.102. The highest BCUT2D eigenvalue weighted by molar-refractivity contribution is 6.30. The summed E-state index contributed by atoms with van der Waals surface area (Å²) in [5.74, 6) is 1.05. The Labute approximate surface area is 117 Å². The minimum atomic E-state index is 0.102. The van der Waals surface area contributed by atoms with Gasteiger partial charge in [0.25, 0.3) is 0 Å². The molecular formula is C14H17ClN4. The second-order valence-electron chi connectivity index (χ2n) is 5.06. The molecule has 4 nitrogen and oxygen atoms in total. The fourth-order valence-electron chi connectivity index (χ4n) is 2.67. The fraction of sp³-hybridized carbons (Fsp3) is 0.429. The van der Waals surface area contributed by atoms with Gasteiger partial charge in [-0.05, 0) is 24.6 Å². The van der Waals surface area contributed by atoms with Crippen molar-refractivity contribution in [1.82, 2.24) is 20.1 Å². The SMILES string of the molecule is CCn1ncnc1CC1(c2cccc(Cl)c2)CNC1. The van der Waals surface area contributed by atoms with E-state index in [-0.39, 0.29) is 5.41 Å². The Morgan fingerprint density at radius 3 is 2.89 bits per heavy atom. The third kappa shape index (κ3) is 2.26. The summed E-state index contributed by atoms with van der Waals surface area (Å²) in [6.07, 6.45) is 2.53. The van der Waals surface area contributed by atoms with Crippen molar-refractivity contribution in [1.29, 1.82) is 0 Å². The zero-order valence-electron chi connectivity index (χ0n) is 10.9. The van der Waals surface area contributed by atoms with Crippen LogP contribution in [0.4, 0.5) is 0 Å². The van der Waals surface area contributed by atoms with E-state index in [0.717, 1.165) is 36.9 Å². The molecule has 5 heteroatoms. The zero-order chi connectivity index (χ0) is 13.3. The van der Waals surface area contributed by atoms with Crippen LogP contribution in [0.5, 0.6) is 0 Å². The minimum Gasteiger partial charge on any atom is -0.315 e. The van der Waals surface area contributed by atoms with E-state index in [9.17, 15) is 0 Å². The van der Waals surface area contributed by atoms with Gasteiger partial charge in [-0.3, -0.25) is 4.68 Å². The summed E-state index contributed by atoms with van der Waals surface area (Å²) < 4.78 is 1.96. The van der Waals surface area contributed by atoms with Gasteiger partial charge in [0.05, 0.1) is 0 Å². The molecular weight excluding hydrogens is 260 g/mol. The zero-order valence-corrected chi connectivity index (χ0v) is 11.7. The van der Waals surface area contributed by atoms with Gasteiger partial charge in [0.1, 0.15) is 12.2 Å². The Kier molecular flexibility index (Phi) is 3.29. The summed E-state index contributed by atoms with van der Waals surface area (Å²) in [4.78, 5) is 4.39. The third-order valence-electron chi connectivity index (χ3n) is 3.86. The van der Waals surface area contributed by atoms with Crippen molar-refractivity contribution in [2.75, 3.05) is 13.1 Å². The summed E-state index contributed by atoms with van der Waals surface area (Å²) >= 11 is 6.12. The van der Waals surface area contributed by atoms with Crippen LogP contribution < -0.4 is 5.32 Å². The van der Waals surface area contributed by atoms with Gasteiger partial charge in [0.15, 0.2) is 0 Å². The van der Waals surface area contributed by atoms with Gasteiger partial charge in [-0.2, -0.15) is 5.10 Å². The van der Waals surface area contributed by atoms with E-state index in [2.05, 4.69) is 34.5 Å². The highest BCUT2D eigenvalue weighted by atomic mass is 35.5. The first-order chi connectivity index (χ1) is 9.23. The van der Waals surface area contributed by atoms with E-state index in [1.54, 1.807) is 6.33 Å². The number of hydrogen-bond donors (Lipinski definition) is 1. The Morgan fingerprint density at radius 2 is 2.26 bits per heavy atom. The number of aromatic nitrogens is 3. The lowest BCUT2D eigenvalue weighted by atomic mass is 9.72. The standard InChI is InChI=1S/C14H17ClN4/c1-2-19-13(17-10-18-19)7-14(8-16-9-14)11-4-3-5-12(15)6-11/h3-6,10,16H,2,7-9H2,1H3. The molecule has 0 aliphatic carbocycles. The maximum atomic E-state index is 6.12. The first-order valence-electron chi connectivity index (χ1n) is 6.57. The lowest BCUT2D eigenvalue weighted by Gasteiger charge is -2.43. The molecule has 1 aliphatic heterocycles. The molecule has 0 bridgehead atoms. The van der Waals surface area contributed by atoms with Crippen molar-refractivity contribution >= 4 is 11.6 Å². The average Bonchev–Trinajstić information content (AvgIpc) is 2.80. The highest BCUT2D eigenvalue weighted by Crippen LogP contribution is 2.33. The van der Waals surface area contributed by atoms with Crippen LogP contribution in [0, 0.1) is 0 Å². The van der Waals surface area contributed by atoms with E-state index < -0.39 is 0 Å². The van der Waals surface area contributed by atoms with Crippen LogP contribution in [0.25, 0.3) is 0 Å². The summed E-state index contributed by atoms with van der Waals surface area (Å²) in [6.45, 7) is 4.87. The van der Waals surface area contributed by atoms with Crippen molar-refractivity contribution in [3.63, 3.8) is 0 Å². The normalized spacial score (nSPS) is 17.2. The number of nitrogens with one attached hydrogen (secondary N) is 1. The Balaban J connectivity index is 1.92. The van der Waals surface area contributed by atoms with E-state index >= 15 is 0 Å². The Bertz CT molecular complexity index is 574. The molecule has 0 spiro atoms. The molecule has 2 aromatic rings. The van der Waals surface area contributed by atoms with Gasteiger partial charge in [0.2, 0.25) is 0 Å². The molecule has 1 saturated heterocycles. The molecule has 3 rings (SSSR count). The predicted molar refractivity (Wildman–Crippen MR) is 75.4 cm³/mol. The molecule has 1 aliphatic rings. The van der Waals surface area contributed by atoms with Gasteiger partial charge in [-0.15, -0.1) is 0 Å². The highest BCUT2D eigenvalue weighted by Gasteiger charge is 2.40. The van der Waals surface area contributed by atoms with Gasteiger partial charge in [-0.1, -0.05) is 23.7 Å². The molecule has 0 saturated carbocycles. The summed E-state index contributed by atoms with van der Waals surface area (Å²) in [5.41, 5.74) is 1.38. The second-order valence-corrected chi connectivity index (χ2v) is 5.50. The van der Waals surface area contributed by atoms with Crippen molar-refractivity contribution < 1.29 is 0 Å². The molecule has 0 unspecified atom stereocenters. The fourth-order valence-corrected chi connectivity index (χ4v) is 2.86. The molecule has 100 valence electrons. The third-order valence-corrected chi connectivity index (χ3v) is 4.09. The molecule has 0 atom stereocenters. The number of halogens is 1. The largest absolute Gasteiger partial charge is 0.315 e. The van der Waals surface area contributed by atoms with Crippen molar-refractivity contribution in [2.45, 2.75) is 25.3 Å². The van der Waals surface area contributed by atoms with Crippen LogP contribution in [0.15, 0.2) is 30.6 Å². The van der Waals surface area contributed by atoms with E-state index in [1.807, 2.05) is 16.8 Å². The number of nitrogens with zero attached hydrogens (tertiary/aromatic N) is 3. The van der Waals surface area contributed by atoms with Crippen LogP contribution in [0.3, 0.4) is 0 Å². The topological polar surface area (TPSA) is 42.7 Å². The number of aryl methyl sites for hydroxylation is 1. The first kappa shape index (κ1) is 12.6. The maximum absolute atomic E-state index is 6.12. The first-order valence-corrected chi connectivity index (χ1v) is 6.95. The summed E-state index contributed by atoms with van der Waals surface area (Å²) in [7, 11) is 0. The molecule has 0 radical (unpaired) electrons. The molecule has 2 heterocycles. The predicted octanol–water partition coefficient (Wildman–Crippen LogP) is 2.04. The van der Waals surface area contributed by atoms with E-state index in [1.165, 1.54) is 5.56 Å². The Hall–Kier alpha value is -1.39. The molecule has 1 N–H and O–H groups in total. The number of rotatable bonds is 4. The van der Waals surface area contributed by atoms with E-state index in [0.29, 0.717) is 0 Å². The summed E-state index contributed by atoms with van der Waals surface area (Å²) in [5, 5.41) is 8.41. The lowest BCUT2D eigenvalue weighted by Crippen LogP contribution is -2.58. The number of hydrogen-bond acceptors (Lipinski definition) is 3. The van der Waals surface area contributed by atoms with Crippen molar-refractivity contribution in [2.24, 2.45) is 0 Å². The molecule has 1 aromatic heterocycles. The van der Waals surface area contributed by atoms with E-state index in [4.69, 9.17) is 11.6 Å². The van der Waals surface area contributed by atoms with Crippen LogP contribution in [-0.2, 0) is 18.4 Å². The number of benzene rings is 1. The molecule has 1 aromatic carbocycles. The smallest absolute Gasteiger partial charge is 0.138 e. The van der Waals surface area contributed by atoms with Gasteiger partial charge in [-0.25, -0.2) is 4.98 Å². The monoisotopic (exact) mass is 276 g/mol. The van der Waals surface area contributed by atoms with Crippen LogP contribution >= 0.6 is 11.6 Å². The van der Waals surface area contributed by atoms with Crippen LogP contribution in [0.2, 0.25) is 5.02 Å². The van der Waals surface area contributed by atoms with Crippen LogP contribution in [0.1, 0.15) is 18.3 Å². The summed E-state index contributed by atoms with van der Waals surface area (Å²) in [6, 6.07) is 8.15. The van der Waals surface area contributed by atoms with Crippen molar-refractivity contribution in [3.05, 3.63) is 47.0 Å². The van der Waals surface area contributed by atoms with Crippen molar-refractivity contribution in [3.8, 4) is 0 Å². The van der Waals surface area contributed by atoms with Crippen LogP contribution in [-0.4, -0.2) is 27.9 Å². The second kappa shape index (κ2) is 4.94. The quantitative estimate of drug-likeness (QED) is 0.929. The molecule has 0 amide bonds. The van der Waals surface area contributed by atoms with Gasteiger partial charge < -0.3 is 5.32 Å². The lowest BCUT2D eigenvalue weighted by molar-refractivity contribution is 0.266. The Morgan fingerprint density at radius 1 is 1.42 bits per heavy atom. The van der Waals surface area contributed by atoms with Gasteiger partial charge >= 0.3 is 0 Å². The average molecular weight is 277 g/mol. The maximum Gasteiger partial charge on any atom is 0.138 e. The van der Waals surface area contributed by atoms with Gasteiger partial charge in [0, 0.05) is 36.5 Å². The molecule has 1 fully saturated rings.